The van der Waals surface area contributed by atoms with Crippen molar-refractivity contribution in [3.63, 3.8) is 0 Å². The van der Waals surface area contributed by atoms with Crippen molar-refractivity contribution in [1.82, 2.24) is 19.5 Å². The van der Waals surface area contributed by atoms with Gasteiger partial charge in [0.15, 0.2) is 17.8 Å². The minimum Gasteiger partial charge on any atom is -0.479 e. The number of nitrogens with zero attached hydrogens (tertiary/aromatic N) is 4. The molecule has 2 heterocycles. The molecule has 2 unspecified atom stereocenters. The van der Waals surface area contributed by atoms with Crippen molar-refractivity contribution in [1.29, 1.82) is 0 Å². The lowest BCUT2D eigenvalue weighted by atomic mass is 9.93. The maximum atomic E-state index is 15.2. The lowest BCUT2D eigenvalue weighted by Crippen LogP contribution is -2.52. The van der Waals surface area contributed by atoms with Crippen molar-refractivity contribution in [2.24, 2.45) is 0 Å². The first kappa shape index (κ1) is 27.7. The van der Waals surface area contributed by atoms with Crippen LogP contribution in [-0.2, 0) is 31.7 Å². The molecule has 0 radical (unpaired) electrons. The summed E-state index contributed by atoms with van der Waals surface area (Å²) >= 11 is 0. The van der Waals surface area contributed by atoms with Crippen molar-refractivity contribution in [3.05, 3.63) is 47.5 Å². The van der Waals surface area contributed by atoms with Gasteiger partial charge in [-0.2, -0.15) is 13.2 Å². The number of benzene rings is 1. The van der Waals surface area contributed by atoms with E-state index in [0.717, 1.165) is 23.0 Å². The number of nitrogens with two attached hydrogens (primary N) is 1. The van der Waals surface area contributed by atoms with E-state index in [-0.39, 0.29) is 28.4 Å². The number of fused-ring (bicyclic) bond motifs is 1. The number of carboxylic acids is 2. The monoisotopic (exact) mass is 529 g/mol. The lowest BCUT2D eigenvalue weighted by molar-refractivity contribution is -0.188. The fourth-order valence-electron chi connectivity index (χ4n) is 3.57. The molecule has 0 fully saturated rings. The third kappa shape index (κ3) is 5.94. The average Bonchev–Trinajstić information content (AvgIpc) is 3.24. The highest BCUT2D eigenvalue weighted by Gasteiger charge is 2.49. The highest BCUT2D eigenvalue weighted by atomic mass is 19.4. The van der Waals surface area contributed by atoms with Crippen LogP contribution in [-0.4, -0.2) is 67.1 Å². The van der Waals surface area contributed by atoms with Crippen LogP contribution in [0.15, 0.2) is 30.6 Å². The summed E-state index contributed by atoms with van der Waals surface area (Å²) in [6.45, 7) is 0.888. The average molecular weight is 529 g/mol. The number of ether oxygens (including phenoxy) is 2. The maximum Gasteiger partial charge on any atom is 0.416 e. The van der Waals surface area contributed by atoms with Gasteiger partial charge in [-0.3, -0.25) is 4.57 Å². The molecule has 0 aliphatic carbocycles. The van der Waals surface area contributed by atoms with Gasteiger partial charge in [-0.05, 0) is 24.6 Å². The van der Waals surface area contributed by atoms with Gasteiger partial charge in [-0.25, -0.2) is 28.9 Å². The Morgan fingerprint density at radius 3 is 2.30 bits per heavy atom. The Kier molecular flexibility index (Phi) is 7.97. The van der Waals surface area contributed by atoms with Gasteiger partial charge in [0.05, 0.1) is 24.6 Å². The van der Waals surface area contributed by atoms with Gasteiger partial charge in [-0.1, -0.05) is 12.1 Å². The Bertz CT molecular complexity index is 1270. The SMILES string of the molecule is COC(COC(Cc1ccc(C(F)(F)F)cc1)(C(=O)O)C(=O)O)CC(F)n1cnc2c(N)nc(C)nc21. The molecule has 11 nitrogen and oxygen atoms in total. The Labute approximate surface area is 206 Å². The van der Waals surface area contributed by atoms with Crippen molar-refractivity contribution in [2.75, 3.05) is 19.5 Å². The summed E-state index contributed by atoms with van der Waals surface area (Å²) in [5.41, 5.74) is 2.17. The number of hydrogen-bond donors (Lipinski definition) is 3. The second kappa shape index (κ2) is 10.6. The van der Waals surface area contributed by atoms with Gasteiger partial charge in [0.1, 0.15) is 11.3 Å². The zero-order valence-corrected chi connectivity index (χ0v) is 19.6. The van der Waals surface area contributed by atoms with Crippen LogP contribution < -0.4 is 5.73 Å². The van der Waals surface area contributed by atoms with Crippen LogP contribution in [0.3, 0.4) is 0 Å². The molecule has 200 valence electrons. The van der Waals surface area contributed by atoms with Crippen LogP contribution in [0.5, 0.6) is 0 Å². The third-order valence-electron chi connectivity index (χ3n) is 5.59. The van der Waals surface area contributed by atoms with Crippen molar-refractivity contribution in [3.8, 4) is 0 Å². The van der Waals surface area contributed by atoms with E-state index < -0.39 is 61.1 Å². The maximum absolute atomic E-state index is 15.2. The zero-order chi connectivity index (χ0) is 27.5. The fraction of sp³-hybridized carbons (Fsp3) is 0.409. The van der Waals surface area contributed by atoms with Crippen LogP contribution in [0.25, 0.3) is 11.2 Å². The predicted molar refractivity (Wildman–Crippen MR) is 119 cm³/mol. The summed E-state index contributed by atoms with van der Waals surface area (Å²) < 4.78 is 65.1. The number of alkyl halides is 4. The molecule has 0 aliphatic heterocycles. The summed E-state index contributed by atoms with van der Waals surface area (Å²) in [6, 6.07) is 3.31. The van der Waals surface area contributed by atoms with Gasteiger partial charge in [-0.15, -0.1) is 0 Å². The van der Waals surface area contributed by atoms with Gasteiger partial charge >= 0.3 is 18.1 Å². The Morgan fingerprint density at radius 2 is 1.76 bits per heavy atom. The number of aromatic nitrogens is 4. The number of nitrogen functional groups attached to an aromatic ring is 1. The van der Waals surface area contributed by atoms with Gasteiger partial charge in [0, 0.05) is 20.0 Å². The van der Waals surface area contributed by atoms with E-state index in [0.29, 0.717) is 12.1 Å². The molecule has 0 aliphatic rings. The van der Waals surface area contributed by atoms with Crippen LogP contribution in [0.4, 0.5) is 23.4 Å². The van der Waals surface area contributed by atoms with Crippen LogP contribution >= 0.6 is 0 Å². The van der Waals surface area contributed by atoms with E-state index in [9.17, 15) is 33.0 Å². The minimum absolute atomic E-state index is 0.0346. The molecule has 2 aromatic heterocycles. The lowest BCUT2D eigenvalue weighted by Gasteiger charge is -2.28. The van der Waals surface area contributed by atoms with Crippen LogP contribution in [0, 0.1) is 6.92 Å². The number of imidazole rings is 1. The normalized spacial score (nSPS) is 14.0. The van der Waals surface area contributed by atoms with E-state index in [4.69, 9.17) is 15.2 Å². The summed E-state index contributed by atoms with van der Waals surface area (Å²) in [7, 11) is 1.19. The molecule has 0 amide bonds. The number of rotatable bonds is 11. The summed E-state index contributed by atoms with van der Waals surface area (Å²) in [5.74, 6) is -3.46. The number of aliphatic carboxylic acids is 2. The number of aryl methyl sites for hydroxylation is 1. The molecule has 0 spiro atoms. The number of halogens is 4. The first-order valence-corrected chi connectivity index (χ1v) is 10.7. The second-order valence-corrected chi connectivity index (χ2v) is 8.13. The molecule has 3 aromatic rings. The smallest absolute Gasteiger partial charge is 0.416 e. The minimum atomic E-state index is -4.63. The van der Waals surface area contributed by atoms with Crippen LogP contribution in [0.1, 0.15) is 29.7 Å². The number of methoxy groups -OCH3 is 1. The highest BCUT2D eigenvalue weighted by Crippen LogP contribution is 2.30. The Balaban J connectivity index is 1.78. The fourth-order valence-corrected chi connectivity index (χ4v) is 3.57. The molecule has 15 heteroatoms. The molecule has 3 rings (SSSR count). The van der Waals surface area contributed by atoms with Crippen molar-refractivity contribution in [2.45, 2.75) is 43.9 Å². The molecule has 1 aromatic carbocycles. The number of carboxylic acid groups (broad SMARTS) is 2. The standard InChI is InChI=1S/C22H23F4N5O6/c1-11-29-17(27)16-18(30-11)31(10-28-16)15(23)7-14(36-2)9-37-21(19(32)33,20(34)35)8-12-3-5-13(6-4-12)22(24,25)26/h3-6,10,14-15H,7-9H2,1-2H3,(H,32,33)(H,34,35)(H2,27,29,30). The first-order valence-electron chi connectivity index (χ1n) is 10.7. The van der Waals surface area contributed by atoms with Gasteiger partial charge in [0.25, 0.3) is 5.60 Å². The number of anilines is 1. The van der Waals surface area contributed by atoms with Crippen LogP contribution in [0.2, 0.25) is 0 Å². The summed E-state index contributed by atoms with van der Waals surface area (Å²) in [6.07, 6.45) is -7.62. The molecule has 0 saturated heterocycles. The van der Waals surface area contributed by atoms with E-state index in [2.05, 4.69) is 15.0 Å². The Morgan fingerprint density at radius 1 is 1.14 bits per heavy atom. The molecule has 0 bridgehead atoms. The molecular formula is C22H23F4N5O6. The number of hydrogen-bond acceptors (Lipinski definition) is 8. The third-order valence-corrected chi connectivity index (χ3v) is 5.59. The quantitative estimate of drug-likeness (QED) is 0.249. The molecule has 0 saturated carbocycles. The molecule has 37 heavy (non-hydrogen) atoms. The van der Waals surface area contributed by atoms with Crippen molar-refractivity contribution < 1.29 is 46.8 Å². The zero-order valence-electron chi connectivity index (χ0n) is 19.6. The van der Waals surface area contributed by atoms with E-state index in [1.54, 1.807) is 6.92 Å². The summed E-state index contributed by atoms with van der Waals surface area (Å²) in [4.78, 5) is 36.0. The van der Waals surface area contributed by atoms with E-state index >= 15 is 4.39 Å². The largest absolute Gasteiger partial charge is 0.479 e. The first-order chi connectivity index (χ1) is 17.3. The topological polar surface area (TPSA) is 163 Å². The number of carbonyl (C=O) groups is 2. The van der Waals surface area contributed by atoms with Crippen molar-refractivity contribution >= 4 is 28.9 Å². The second-order valence-electron chi connectivity index (χ2n) is 8.13. The molecule has 4 N–H and O–H groups in total. The summed E-state index contributed by atoms with van der Waals surface area (Å²) in [5, 5.41) is 19.4. The van der Waals surface area contributed by atoms with Gasteiger partial charge < -0.3 is 25.4 Å². The molecule has 2 atom stereocenters. The van der Waals surface area contributed by atoms with Gasteiger partial charge in [0.2, 0.25) is 0 Å². The Hall–Kier alpha value is -3.85. The molecular weight excluding hydrogens is 506 g/mol. The predicted octanol–water partition coefficient (Wildman–Crippen LogP) is 2.78. The highest BCUT2D eigenvalue weighted by molar-refractivity contribution is 6.02. The van der Waals surface area contributed by atoms with E-state index in [1.807, 2.05) is 0 Å². The van der Waals surface area contributed by atoms with E-state index in [1.165, 1.54) is 7.11 Å².